The fourth-order valence-corrected chi connectivity index (χ4v) is 9.42. The summed E-state index contributed by atoms with van der Waals surface area (Å²) in [7, 11) is 0. The van der Waals surface area contributed by atoms with E-state index in [0.717, 1.165) is 48.3 Å². The largest absolute Gasteiger partial charge is 0.393 e. The first kappa shape index (κ1) is 22.1. The van der Waals surface area contributed by atoms with Crippen LogP contribution in [-0.2, 0) is 0 Å². The molecule has 0 aromatic rings. The third kappa shape index (κ3) is 3.63. The Morgan fingerprint density at radius 1 is 0.931 bits per heavy atom. The van der Waals surface area contributed by atoms with Gasteiger partial charge >= 0.3 is 0 Å². The Morgan fingerprint density at radius 3 is 2.41 bits per heavy atom. The topological polar surface area (TPSA) is 46.2 Å². The maximum Gasteiger partial charge on any atom is 0.0558 e. The van der Waals surface area contributed by atoms with Crippen molar-refractivity contribution in [1.29, 1.82) is 0 Å². The first-order valence-electron chi connectivity index (χ1n) is 13.1. The third-order valence-electron chi connectivity index (χ3n) is 11.0. The maximum atomic E-state index is 10.3. The van der Waals surface area contributed by atoms with Crippen LogP contribution in [0.15, 0.2) is 0 Å². The van der Waals surface area contributed by atoms with Gasteiger partial charge in [0, 0.05) is 6.04 Å². The molecule has 4 aliphatic rings. The normalized spacial score (nSPS) is 50.7. The van der Waals surface area contributed by atoms with Crippen molar-refractivity contribution < 1.29 is 5.11 Å². The van der Waals surface area contributed by atoms with Gasteiger partial charge in [-0.3, -0.25) is 0 Å². The molecule has 0 aromatic heterocycles. The van der Waals surface area contributed by atoms with Gasteiger partial charge in [-0.15, -0.1) is 0 Å². The van der Waals surface area contributed by atoms with Crippen LogP contribution in [0, 0.1) is 52.3 Å². The van der Waals surface area contributed by atoms with Crippen molar-refractivity contribution in [1.82, 2.24) is 0 Å². The predicted octanol–water partition coefficient (Wildman–Crippen LogP) is 6.41. The summed E-state index contributed by atoms with van der Waals surface area (Å²) in [6.07, 6.45) is 14.4. The molecule has 0 radical (unpaired) electrons. The second kappa shape index (κ2) is 8.12. The maximum absolute atomic E-state index is 10.3. The van der Waals surface area contributed by atoms with Crippen LogP contribution < -0.4 is 5.73 Å². The summed E-state index contributed by atoms with van der Waals surface area (Å²) in [5.74, 6) is 5.95. The molecule has 2 nitrogen and oxygen atoms in total. The van der Waals surface area contributed by atoms with Crippen molar-refractivity contribution in [2.45, 2.75) is 117 Å². The van der Waals surface area contributed by atoms with E-state index in [2.05, 4.69) is 34.6 Å². The number of fused-ring (bicyclic) bond motifs is 5. The summed E-state index contributed by atoms with van der Waals surface area (Å²) in [5.41, 5.74) is 7.62. The molecular weight excluding hydrogens is 354 g/mol. The van der Waals surface area contributed by atoms with Crippen LogP contribution in [0.5, 0.6) is 0 Å². The highest BCUT2D eigenvalue weighted by Gasteiger charge is 2.62. The highest BCUT2D eigenvalue weighted by Crippen LogP contribution is 2.68. The molecule has 0 aliphatic heterocycles. The van der Waals surface area contributed by atoms with Gasteiger partial charge < -0.3 is 10.8 Å². The molecule has 4 fully saturated rings. The van der Waals surface area contributed by atoms with E-state index in [1.54, 1.807) is 0 Å². The van der Waals surface area contributed by atoms with Crippen molar-refractivity contribution in [3.63, 3.8) is 0 Å². The van der Waals surface area contributed by atoms with E-state index in [9.17, 15) is 5.11 Å². The van der Waals surface area contributed by atoms with Crippen molar-refractivity contribution in [3.05, 3.63) is 0 Å². The molecular formula is C27H49NO. The first-order valence-corrected chi connectivity index (χ1v) is 13.1. The highest BCUT2D eigenvalue weighted by atomic mass is 16.3. The molecule has 2 heteroatoms. The lowest BCUT2D eigenvalue weighted by molar-refractivity contribution is -0.138. The average molecular weight is 404 g/mol. The van der Waals surface area contributed by atoms with Crippen molar-refractivity contribution in [3.8, 4) is 0 Å². The summed E-state index contributed by atoms with van der Waals surface area (Å²) >= 11 is 0. The van der Waals surface area contributed by atoms with Crippen LogP contribution >= 0.6 is 0 Å². The molecule has 0 spiro atoms. The second-order valence-corrected chi connectivity index (χ2v) is 12.8. The Balaban J connectivity index is 1.49. The van der Waals surface area contributed by atoms with Crippen LogP contribution in [0.3, 0.4) is 0 Å². The molecule has 0 aromatic carbocycles. The van der Waals surface area contributed by atoms with Crippen LogP contribution in [-0.4, -0.2) is 17.3 Å². The zero-order chi connectivity index (χ0) is 21.0. The van der Waals surface area contributed by atoms with Crippen LogP contribution in [0.1, 0.15) is 105 Å². The summed E-state index contributed by atoms with van der Waals surface area (Å²) in [5, 5.41) is 10.3. The molecule has 0 amide bonds. The molecule has 10 atom stereocenters. The Kier molecular flexibility index (Phi) is 6.19. The van der Waals surface area contributed by atoms with Gasteiger partial charge in [-0.25, -0.2) is 0 Å². The molecule has 4 rings (SSSR count). The summed E-state index contributed by atoms with van der Waals surface area (Å²) in [4.78, 5) is 0. The Hall–Kier alpha value is -0.0800. The van der Waals surface area contributed by atoms with Gasteiger partial charge in [0.15, 0.2) is 0 Å². The van der Waals surface area contributed by atoms with Gasteiger partial charge in [0.2, 0.25) is 0 Å². The molecule has 0 heterocycles. The molecule has 0 bridgehead atoms. The third-order valence-corrected chi connectivity index (χ3v) is 11.0. The minimum Gasteiger partial charge on any atom is -0.393 e. The summed E-state index contributed by atoms with van der Waals surface area (Å²) in [6, 6.07) is 0.195. The van der Waals surface area contributed by atoms with E-state index in [1.165, 1.54) is 57.8 Å². The number of hydrogen-bond donors (Lipinski definition) is 2. The minimum atomic E-state index is -0.156. The van der Waals surface area contributed by atoms with Crippen molar-refractivity contribution in [2.24, 2.45) is 58.0 Å². The molecule has 4 saturated carbocycles. The Bertz CT molecular complexity index is 575. The number of hydrogen-bond acceptors (Lipinski definition) is 2. The fourth-order valence-electron chi connectivity index (χ4n) is 9.42. The molecule has 4 aliphatic carbocycles. The minimum absolute atomic E-state index is 0.156. The van der Waals surface area contributed by atoms with Gasteiger partial charge in [-0.05, 0) is 104 Å². The standard InChI is InChI=1S/C27H49NO/c1-17(2)7-6-8-18(3)22-11-12-23-21-10-9-19-15-20(29)16-25(28)27(19,5)24(21)13-14-26(22,23)4/h17-25,29H,6-16,28H2,1-5H3/t18-,19?,20+,21+,22-,23+,24+,25?,26-,27-/m1/s1. The van der Waals surface area contributed by atoms with Crippen molar-refractivity contribution in [2.75, 3.05) is 0 Å². The zero-order valence-electron chi connectivity index (χ0n) is 20.0. The second-order valence-electron chi connectivity index (χ2n) is 12.8. The monoisotopic (exact) mass is 403 g/mol. The molecule has 0 saturated heterocycles. The molecule has 168 valence electrons. The molecule has 3 N–H and O–H groups in total. The van der Waals surface area contributed by atoms with Crippen molar-refractivity contribution >= 4 is 0 Å². The molecule has 2 unspecified atom stereocenters. The number of aliphatic hydroxyl groups is 1. The number of aliphatic hydroxyl groups excluding tert-OH is 1. The lowest BCUT2D eigenvalue weighted by atomic mass is 9.43. The lowest BCUT2D eigenvalue weighted by Crippen LogP contribution is -2.61. The number of rotatable bonds is 5. The van der Waals surface area contributed by atoms with Crippen LogP contribution in [0.2, 0.25) is 0 Å². The van der Waals surface area contributed by atoms with E-state index >= 15 is 0 Å². The van der Waals surface area contributed by atoms with E-state index in [-0.39, 0.29) is 17.6 Å². The van der Waals surface area contributed by atoms with E-state index in [4.69, 9.17) is 5.73 Å². The number of nitrogens with two attached hydrogens (primary N) is 1. The fraction of sp³-hybridized carbons (Fsp3) is 1.00. The SMILES string of the molecule is CC(C)CCC[C@@H](C)[C@H]1CC[C@H]2[C@@H]3CCC4C[C@H](O)CC(N)[C@@]4(C)[C@H]3CC[C@]12C. The van der Waals surface area contributed by atoms with Gasteiger partial charge in [0.25, 0.3) is 0 Å². The van der Waals surface area contributed by atoms with Gasteiger partial charge in [-0.1, -0.05) is 53.9 Å². The molecule has 29 heavy (non-hydrogen) atoms. The van der Waals surface area contributed by atoms with E-state index in [0.29, 0.717) is 11.3 Å². The van der Waals surface area contributed by atoms with Crippen LogP contribution in [0.25, 0.3) is 0 Å². The Morgan fingerprint density at radius 2 is 1.69 bits per heavy atom. The summed E-state index contributed by atoms with van der Waals surface area (Å²) < 4.78 is 0. The highest BCUT2D eigenvalue weighted by molar-refractivity contribution is 5.12. The van der Waals surface area contributed by atoms with Gasteiger partial charge in [0.05, 0.1) is 6.10 Å². The zero-order valence-corrected chi connectivity index (χ0v) is 20.0. The predicted molar refractivity (Wildman–Crippen MR) is 122 cm³/mol. The van der Waals surface area contributed by atoms with E-state index < -0.39 is 0 Å². The van der Waals surface area contributed by atoms with Crippen LogP contribution in [0.4, 0.5) is 0 Å². The van der Waals surface area contributed by atoms with E-state index in [1.807, 2.05) is 0 Å². The Labute approximate surface area is 180 Å². The van der Waals surface area contributed by atoms with Gasteiger partial charge in [0.1, 0.15) is 0 Å². The lowest BCUT2D eigenvalue weighted by Gasteiger charge is -2.63. The average Bonchev–Trinajstić information content (AvgIpc) is 3.00. The quantitative estimate of drug-likeness (QED) is 0.557. The smallest absolute Gasteiger partial charge is 0.0558 e. The first-order chi connectivity index (χ1) is 13.7. The van der Waals surface area contributed by atoms with Gasteiger partial charge in [-0.2, -0.15) is 0 Å². The summed E-state index contributed by atoms with van der Waals surface area (Å²) in [6.45, 7) is 12.5.